The van der Waals surface area contributed by atoms with Crippen LogP contribution in [0, 0.1) is 11.7 Å². The second kappa shape index (κ2) is 7.52. The molecule has 0 bridgehead atoms. The number of thiazole rings is 1. The minimum atomic E-state index is -0.560. The van der Waals surface area contributed by atoms with Crippen molar-refractivity contribution >= 4 is 39.0 Å². The monoisotopic (exact) mass is 443 g/mol. The van der Waals surface area contributed by atoms with E-state index in [4.69, 9.17) is 11.6 Å². The van der Waals surface area contributed by atoms with E-state index in [1.54, 1.807) is 6.07 Å². The van der Waals surface area contributed by atoms with Gasteiger partial charge < -0.3 is 14.9 Å². The van der Waals surface area contributed by atoms with E-state index in [1.807, 2.05) is 25.6 Å². The summed E-state index contributed by atoms with van der Waals surface area (Å²) in [5.41, 5.74) is 1.72. The molecule has 1 saturated carbocycles. The first kappa shape index (κ1) is 19.3. The Morgan fingerprint density at radius 3 is 3.00 bits per heavy atom. The molecule has 0 amide bonds. The number of fused-ring (bicyclic) bond motifs is 1. The van der Waals surface area contributed by atoms with E-state index in [0.29, 0.717) is 21.6 Å². The molecule has 5 rings (SSSR count). The molecule has 1 atom stereocenters. The molecule has 0 unspecified atom stereocenters. The number of aromatic nitrogens is 4. The van der Waals surface area contributed by atoms with E-state index >= 15 is 0 Å². The molecule has 0 saturated heterocycles. The molecule has 2 N–H and O–H groups in total. The van der Waals surface area contributed by atoms with Crippen molar-refractivity contribution < 1.29 is 4.39 Å². The summed E-state index contributed by atoms with van der Waals surface area (Å²) in [4.78, 5) is 25.0. The molecular weight excluding hydrogens is 425 g/mol. The highest BCUT2D eigenvalue weighted by atomic mass is 35.5. The number of anilines is 1. The Hall–Kier alpha value is -2.71. The highest BCUT2D eigenvalue weighted by molar-refractivity contribution is 7.18. The first-order valence-electron chi connectivity index (χ1n) is 9.73. The number of pyridine rings is 1. The van der Waals surface area contributed by atoms with E-state index in [-0.39, 0.29) is 16.6 Å². The molecule has 1 aliphatic rings. The Bertz CT molecular complexity index is 1290. The average Bonchev–Trinajstić information content (AvgIpc) is 3.20. The van der Waals surface area contributed by atoms with Crippen molar-refractivity contribution in [3.8, 4) is 10.6 Å². The summed E-state index contributed by atoms with van der Waals surface area (Å²) in [7, 11) is 0. The van der Waals surface area contributed by atoms with Gasteiger partial charge in [0.1, 0.15) is 5.82 Å². The summed E-state index contributed by atoms with van der Waals surface area (Å²) >= 11 is 7.41. The molecule has 1 aromatic carbocycles. The minimum Gasteiger partial charge on any atom is -0.355 e. The predicted molar refractivity (Wildman–Crippen MR) is 118 cm³/mol. The van der Waals surface area contributed by atoms with Crippen LogP contribution in [-0.2, 0) is 6.54 Å². The van der Waals surface area contributed by atoms with Crippen LogP contribution in [0.25, 0.3) is 21.5 Å². The lowest BCUT2D eigenvalue weighted by atomic mass is 10.1. The van der Waals surface area contributed by atoms with Crippen LogP contribution in [0.5, 0.6) is 0 Å². The number of halogens is 2. The normalized spacial score (nSPS) is 14.9. The molecule has 1 aliphatic carbocycles. The number of nitrogens with zero attached hydrogens (tertiary/aromatic N) is 3. The van der Waals surface area contributed by atoms with E-state index in [0.717, 1.165) is 23.0 Å². The number of rotatable bonds is 6. The number of hydrogen-bond acceptors (Lipinski definition) is 5. The second-order valence-corrected chi connectivity index (χ2v) is 9.12. The quantitative estimate of drug-likeness (QED) is 0.428. The molecule has 30 heavy (non-hydrogen) atoms. The van der Waals surface area contributed by atoms with E-state index in [1.165, 1.54) is 36.3 Å². The first-order chi connectivity index (χ1) is 14.5. The predicted octanol–water partition coefficient (Wildman–Crippen LogP) is 5.22. The number of H-pyrrole nitrogens is 1. The van der Waals surface area contributed by atoms with E-state index < -0.39 is 5.82 Å². The van der Waals surface area contributed by atoms with Crippen molar-refractivity contribution in [2.24, 2.45) is 5.92 Å². The van der Waals surface area contributed by atoms with Crippen LogP contribution in [0.2, 0.25) is 5.02 Å². The zero-order valence-electron chi connectivity index (χ0n) is 16.2. The fraction of sp³-hybridized carbons (Fsp3) is 0.286. The van der Waals surface area contributed by atoms with Crippen LogP contribution in [0.3, 0.4) is 0 Å². The zero-order chi connectivity index (χ0) is 20.8. The van der Waals surface area contributed by atoms with Crippen molar-refractivity contribution in [1.82, 2.24) is 19.5 Å². The summed E-state index contributed by atoms with van der Waals surface area (Å²) in [5.74, 6) is 0.195. The third kappa shape index (κ3) is 3.73. The fourth-order valence-electron chi connectivity index (χ4n) is 3.51. The Labute approximate surface area is 180 Å². The highest BCUT2D eigenvalue weighted by Crippen LogP contribution is 2.35. The molecule has 1 fully saturated rings. The van der Waals surface area contributed by atoms with Gasteiger partial charge in [-0.25, -0.2) is 14.4 Å². The Kier molecular flexibility index (Phi) is 4.83. The topological polar surface area (TPSA) is 75.6 Å². The van der Waals surface area contributed by atoms with Crippen LogP contribution < -0.4 is 10.9 Å². The van der Waals surface area contributed by atoms with Crippen LogP contribution in [0.15, 0.2) is 41.7 Å². The lowest BCUT2D eigenvalue weighted by Gasteiger charge is -2.13. The van der Waals surface area contributed by atoms with Gasteiger partial charge in [-0.15, -0.1) is 0 Å². The average molecular weight is 444 g/mol. The molecule has 3 aromatic heterocycles. The molecule has 154 valence electrons. The van der Waals surface area contributed by atoms with Crippen LogP contribution in [0.4, 0.5) is 9.52 Å². The lowest BCUT2D eigenvalue weighted by Crippen LogP contribution is -2.19. The zero-order valence-corrected chi connectivity index (χ0v) is 17.7. The molecule has 9 heteroatoms. The van der Waals surface area contributed by atoms with Gasteiger partial charge in [0, 0.05) is 23.7 Å². The summed E-state index contributed by atoms with van der Waals surface area (Å²) in [6.07, 6.45) is 8.12. The summed E-state index contributed by atoms with van der Waals surface area (Å²) in [5, 5.41) is 4.71. The van der Waals surface area contributed by atoms with E-state index in [2.05, 4.69) is 24.8 Å². The standard InChI is InChI=1S/C21H19ClFN5OS/c1-11(14-4-13-5-15(22)16(23)6-17(13)27-20(14)29)26-21-25-8-19(30-21)18-7-24-10-28(18)9-12-2-3-12/h4-8,10-12H,2-3,9H2,1H3,(H,25,26)(H,27,29)/t11-/m0/s1. The van der Waals surface area contributed by atoms with Crippen molar-refractivity contribution in [3.05, 3.63) is 63.7 Å². The Balaban J connectivity index is 1.39. The summed E-state index contributed by atoms with van der Waals surface area (Å²) in [6, 6.07) is 4.19. The smallest absolute Gasteiger partial charge is 0.253 e. The van der Waals surface area contributed by atoms with Gasteiger partial charge in [0.2, 0.25) is 0 Å². The SMILES string of the molecule is C[C@H](Nc1ncc(-c2cncn2CC2CC2)s1)c1cc2cc(Cl)c(F)cc2[nH]c1=O. The third-order valence-corrected chi connectivity index (χ3v) is 6.58. The number of imidazole rings is 1. The van der Waals surface area contributed by atoms with Crippen LogP contribution in [-0.4, -0.2) is 19.5 Å². The number of aromatic amines is 1. The molecule has 6 nitrogen and oxygen atoms in total. The van der Waals surface area contributed by atoms with E-state index in [9.17, 15) is 9.18 Å². The van der Waals surface area contributed by atoms with Crippen molar-refractivity contribution in [2.75, 3.05) is 5.32 Å². The number of hydrogen-bond donors (Lipinski definition) is 2. The maximum Gasteiger partial charge on any atom is 0.253 e. The molecule has 0 radical (unpaired) electrons. The van der Waals surface area contributed by atoms with Crippen molar-refractivity contribution in [3.63, 3.8) is 0 Å². The first-order valence-corrected chi connectivity index (χ1v) is 10.9. The maximum absolute atomic E-state index is 13.7. The number of nitrogens with one attached hydrogen (secondary N) is 2. The van der Waals surface area contributed by atoms with Gasteiger partial charge in [-0.2, -0.15) is 0 Å². The van der Waals surface area contributed by atoms with Crippen molar-refractivity contribution in [2.45, 2.75) is 32.4 Å². The van der Waals surface area contributed by atoms with Crippen molar-refractivity contribution in [1.29, 1.82) is 0 Å². The molecule has 0 aliphatic heterocycles. The summed E-state index contributed by atoms with van der Waals surface area (Å²) in [6.45, 7) is 2.88. The molecule has 4 aromatic rings. The van der Waals surface area contributed by atoms with Gasteiger partial charge in [0.15, 0.2) is 5.13 Å². The highest BCUT2D eigenvalue weighted by Gasteiger charge is 2.23. The van der Waals surface area contributed by atoms with Gasteiger partial charge in [0.25, 0.3) is 5.56 Å². The van der Waals surface area contributed by atoms with Gasteiger partial charge in [-0.05, 0) is 43.9 Å². The van der Waals surface area contributed by atoms with Gasteiger partial charge >= 0.3 is 0 Å². The maximum atomic E-state index is 13.7. The Morgan fingerprint density at radius 1 is 1.37 bits per heavy atom. The van der Waals surface area contributed by atoms with Gasteiger partial charge in [-0.3, -0.25) is 4.79 Å². The second-order valence-electron chi connectivity index (χ2n) is 7.68. The summed E-state index contributed by atoms with van der Waals surface area (Å²) < 4.78 is 15.8. The third-order valence-electron chi connectivity index (χ3n) is 5.34. The van der Waals surface area contributed by atoms with Gasteiger partial charge in [0.05, 0.1) is 39.7 Å². The number of benzene rings is 1. The fourth-order valence-corrected chi connectivity index (χ4v) is 4.61. The largest absolute Gasteiger partial charge is 0.355 e. The lowest BCUT2D eigenvalue weighted by molar-refractivity contribution is 0.629. The van der Waals surface area contributed by atoms with Crippen LogP contribution >= 0.6 is 22.9 Å². The molecular formula is C21H19ClFN5OS. The minimum absolute atomic E-state index is 0.0217. The Morgan fingerprint density at radius 2 is 2.20 bits per heavy atom. The van der Waals surface area contributed by atoms with Crippen LogP contribution in [0.1, 0.15) is 31.4 Å². The molecule has 0 spiro atoms. The molecule has 3 heterocycles. The van der Waals surface area contributed by atoms with Gasteiger partial charge in [-0.1, -0.05) is 22.9 Å².